The maximum absolute atomic E-state index is 4.89. The van der Waals surface area contributed by atoms with Gasteiger partial charge < -0.3 is 14.4 Å². The van der Waals surface area contributed by atoms with Crippen molar-refractivity contribution in [3.63, 3.8) is 0 Å². The highest BCUT2D eigenvalue weighted by Crippen LogP contribution is 1.98. The Morgan fingerprint density at radius 3 is 1.92 bits per heavy atom. The molecule has 0 saturated carbocycles. The molecular formula is C8H9N3O2. The lowest BCUT2D eigenvalue weighted by atomic mass is 10.4. The molecule has 2 heterocycles. The Labute approximate surface area is 74.7 Å². The second-order valence-corrected chi connectivity index (χ2v) is 2.56. The first kappa shape index (κ1) is 8.00. The smallest absolute Gasteiger partial charge is 0.150 e. The molecule has 13 heavy (non-hydrogen) atoms. The molecule has 0 fully saturated rings. The van der Waals surface area contributed by atoms with Crippen molar-refractivity contribution in [1.29, 1.82) is 0 Å². The van der Waals surface area contributed by atoms with Gasteiger partial charge in [0.2, 0.25) is 0 Å². The third kappa shape index (κ3) is 2.16. The van der Waals surface area contributed by atoms with Crippen LogP contribution in [-0.4, -0.2) is 10.3 Å². The first-order valence-electron chi connectivity index (χ1n) is 3.95. The van der Waals surface area contributed by atoms with E-state index in [4.69, 9.17) is 9.05 Å². The summed E-state index contributed by atoms with van der Waals surface area (Å²) in [6.45, 7) is 1.28. The van der Waals surface area contributed by atoms with Gasteiger partial charge in [-0.05, 0) is 0 Å². The Morgan fingerprint density at radius 1 is 1.00 bits per heavy atom. The molecule has 0 atom stereocenters. The van der Waals surface area contributed by atoms with E-state index in [2.05, 4.69) is 15.6 Å². The summed E-state index contributed by atoms with van der Waals surface area (Å²) in [5, 5.41) is 10.3. The SMILES string of the molecule is c1cc(CNCc2ccno2)on1. The average molecular weight is 179 g/mol. The second-order valence-electron chi connectivity index (χ2n) is 2.56. The Balaban J connectivity index is 1.76. The van der Waals surface area contributed by atoms with Crippen LogP contribution in [0, 0.1) is 0 Å². The van der Waals surface area contributed by atoms with Gasteiger partial charge in [0, 0.05) is 12.1 Å². The summed E-state index contributed by atoms with van der Waals surface area (Å²) in [5.41, 5.74) is 0. The van der Waals surface area contributed by atoms with Crippen molar-refractivity contribution in [2.75, 3.05) is 0 Å². The first-order chi connectivity index (χ1) is 6.45. The molecular weight excluding hydrogens is 170 g/mol. The van der Waals surface area contributed by atoms with Crippen molar-refractivity contribution < 1.29 is 9.05 Å². The summed E-state index contributed by atoms with van der Waals surface area (Å²) in [4.78, 5) is 0. The highest BCUT2D eigenvalue weighted by atomic mass is 16.5. The number of hydrogen-bond acceptors (Lipinski definition) is 5. The molecule has 0 radical (unpaired) electrons. The summed E-state index contributed by atoms with van der Waals surface area (Å²) in [5.74, 6) is 1.61. The van der Waals surface area contributed by atoms with E-state index in [0.717, 1.165) is 11.5 Å². The zero-order chi connectivity index (χ0) is 8.93. The Kier molecular flexibility index (Phi) is 2.38. The maximum atomic E-state index is 4.89. The van der Waals surface area contributed by atoms with Gasteiger partial charge in [-0.3, -0.25) is 0 Å². The van der Waals surface area contributed by atoms with Gasteiger partial charge in [-0.2, -0.15) is 0 Å². The molecule has 2 aromatic rings. The number of aromatic nitrogens is 2. The van der Waals surface area contributed by atoms with Crippen LogP contribution in [0.2, 0.25) is 0 Å². The molecule has 0 amide bonds. The molecule has 5 nitrogen and oxygen atoms in total. The number of nitrogens with zero attached hydrogens (tertiary/aromatic N) is 2. The minimum atomic E-state index is 0.640. The van der Waals surface area contributed by atoms with Crippen LogP contribution in [0.5, 0.6) is 0 Å². The summed E-state index contributed by atoms with van der Waals surface area (Å²) < 4.78 is 9.79. The number of hydrogen-bond donors (Lipinski definition) is 1. The van der Waals surface area contributed by atoms with E-state index in [1.807, 2.05) is 12.1 Å². The van der Waals surface area contributed by atoms with Crippen LogP contribution >= 0.6 is 0 Å². The monoisotopic (exact) mass is 179 g/mol. The fraction of sp³-hybridized carbons (Fsp3) is 0.250. The molecule has 68 valence electrons. The number of rotatable bonds is 4. The van der Waals surface area contributed by atoms with Crippen molar-refractivity contribution >= 4 is 0 Å². The summed E-state index contributed by atoms with van der Waals surface area (Å²) >= 11 is 0. The Hall–Kier alpha value is -1.62. The minimum absolute atomic E-state index is 0.640. The van der Waals surface area contributed by atoms with Crippen LogP contribution in [0.25, 0.3) is 0 Å². The van der Waals surface area contributed by atoms with Gasteiger partial charge in [0.1, 0.15) is 11.5 Å². The van der Waals surface area contributed by atoms with Crippen LogP contribution in [-0.2, 0) is 13.1 Å². The van der Waals surface area contributed by atoms with Crippen molar-refractivity contribution in [1.82, 2.24) is 15.6 Å². The lowest BCUT2D eigenvalue weighted by Gasteiger charge is -1.96. The molecule has 0 bridgehead atoms. The standard InChI is InChI=1S/C8H9N3O2/c1-3-10-12-7(1)5-9-6-8-2-4-11-13-8/h1-4,9H,5-6H2. The van der Waals surface area contributed by atoms with Gasteiger partial charge in [-0.15, -0.1) is 0 Å². The topological polar surface area (TPSA) is 64.1 Å². The van der Waals surface area contributed by atoms with Gasteiger partial charge in [-0.25, -0.2) is 0 Å². The normalized spacial score (nSPS) is 10.5. The average Bonchev–Trinajstić information content (AvgIpc) is 2.75. The van der Waals surface area contributed by atoms with E-state index in [9.17, 15) is 0 Å². The molecule has 2 rings (SSSR count). The Bertz CT molecular complexity index is 294. The third-order valence-electron chi connectivity index (χ3n) is 1.58. The highest BCUT2D eigenvalue weighted by Gasteiger charge is 1.98. The fourth-order valence-electron chi connectivity index (χ4n) is 0.976. The van der Waals surface area contributed by atoms with E-state index in [0.29, 0.717) is 13.1 Å². The zero-order valence-electron chi connectivity index (χ0n) is 6.93. The van der Waals surface area contributed by atoms with Crippen molar-refractivity contribution in [2.45, 2.75) is 13.1 Å². The van der Waals surface area contributed by atoms with E-state index in [1.165, 1.54) is 0 Å². The van der Waals surface area contributed by atoms with Crippen molar-refractivity contribution in [2.24, 2.45) is 0 Å². The van der Waals surface area contributed by atoms with Crippen LogP contribution in [0.3, 0.4) is 0 Å². The van der Waals surface area contributed by atoms with Gasteiger partial charge >= 0.3 is 0 Å². The maximum Gasteiger partial charge on any atom is 0.150 e. The van der Waals surface area contributed by atoms with E-state index >= 15 is 0 Å². The number of nitrogens with one attached hydrogen (secondary N) is 1. The molecule has 0 aliphatic carbocycles. The molecule has 0 spiro atoms. The Morgan fingerprint density at radius 2 is 1.54 bits per heavy atom. The highest BCUT2D eigenvalue weighted by molar-refractivity contribution is 4.95. The van der Waals surface area contributed by atoms with Gasteiger partial charge in [0.25, 0.3) is 0 Å². The predicted octanol–water partition coefficient (Wildman–Crippen LogP) is 0.952. The first-order valence-corrected chi connectivity index (χ1v) is 3.95. The molecule has 5 heteroatoms. The van der Waals surface area contributed by atoms with Crippen molar-refractivity contribution in [3.8, 4) is 0 Å². The lowest BCUT2D eigenvalue weighted by molar-refractivity contribution is 0.352. The quantitative estimate of drug-likeness (QED) is 0.757. The minimum Gasteiger partial charge on any atom is -0.360 e. The molecule has 0 aliphatic heterocycles. The largest absolute Gasteiger partial charge is 0.360 e. The van der Waals surface area contributed by atoms with Gasteiger partial charge in [0.15, 0.2) is 0 Å². The summed E-state index contributed by atoms with van der Waals surface area (Å²) in [7, 11) is 0. The zero-order valence-corrected chi connectivity index (χ0v) is 6.93. The van der Waals surface area contributed by atoms with Crippen LogP contribution < -0.4 is 5.32 Å². The molecule has 2 aromatic heterocycles. The molecule has 0 aromatic carbocycles. The summed E-state index contributed by atoms with van der Waals surface area (Å²) in [6.07, 6.45) is 3.23. The van der Waals surface area contributed by atoms with Gasteiger partial charge in [-0.1, -0.05) is 10.3 Å². The van der Waals surface area contributed by atoms with Crippen LogP contribution in [0.1, 0.15) is 11.5 Å². The van der Waals surface area contributed by atoms with Crippen LogP contribution in [0.15, 0.2) is 33.6 Å². The van der Waals surface area contributed by atoms with E-state index in [1.54, 1.807) is 12.4 Å². The van der Waals surface area contributed by atoms with Crippen LogP contribution in [0.4, 0.5) is 0 Å². The molecule has 0 unspecified atom stereocenters. The molecule has 1 N–H and O–H groups in total. The molecule has 0 saturated heterocycles. The van der Waals surface area contributed by atoms with E-state index in [-0.39, 0.29) is 0 Å². The summed E-state index contributed by atoms with van der Waals surface area (Å²) in [6, 6.07) is 3.63. The van der Waals surface area contributed by atoms with Crippen molar-refractivity contribution in [3.05, 3.63) is 36.0 Å². The van der Waals surface area contributed by atoms with Gasteiger partial charge in [0.05, 0.1) is 25.5 Å². The van der Waals surface area contributed by atoms with E-state index < -0.39 is 0 Å². The fourth-order valence-corrected chi connectivity index (χ4v) is 0.976. The lowest BCUT2D eigenvalue weighted by Crippen LogP contribution is -2.11. The molecule has 0 aliphatic rings. The predicted molar refractivity (Wildman–Crippen MR) is 43.5 cm³/mol. The second kappa shape index (κ2) is 3.86. The third-order valence-corrected chi connectivity index (χ3v) is 1.58.